The summed E-state index contributed by atoms with van der Waals surface area (Å²) in [5, 5.41) is 2.95. The van der Waals surface area contributed by atoms with Crippen LogP contribution in [0.4, 0.5) is 8.78 Å². The molecule has 100 valence electrons. The fraction of sp³-hybridized carbons (Fsp3) is 0.214. The van der Waals surface area contributed by atoms with Gasteiger partial charge in [-0.05, 0) is 19.2 Å². The van der Waals surface area contributed by atoms with E-state index in [0.717, 1.165) is 6.07 Å². The maximum atomic E-state index is 13.9. The molecule has 2 aromatic rings. The Bertz CT molecular complexity index is 575. The van der Waals surface area contributed by atoms with Crippen molar-refractivity contribution in [1.82, 2.24) is 10.3 Å². The van der Waals surface area contributed by atoms with Gasteiger partial charge in [0.25, 0.3) is 0 Å². The molecule has 1 unspecified atom stereocenters. The number of halogens is 2. The third kappa shape index (κ3) is 2.56. The van der Waals surface area contributed by atoms with Gasteiger partial charge in [0.05, 0.1) is 13.2 Å². The van der Waals surface area contributed by atoms with Crippen molar-refractivity contribution in [1.29, 1.82) is 0 Å². The predicted molar refractivity (Wildman–Crippen MR) is 68.0 cm³/mol. The molecule has 0 spiro atoms. The number of rotatable bonds is 4. The molecule has 3 nitrogen and oxygen atoms in total. The summed E-state index contributed by atoms with van der Waals surface area (Å²) in [6, 6.07) is 7.05. The lowest BCUT2D eigenvalue weighted by molar-refractivity contribution is 0.387. The first kappa shape index (κ1) is 13.4. The Hall–Kier alpha value is -2.01. The van der Waals surface area contributed by atoms with Gasteiger partial charge in [0, 0.05) is 17.3 Å². The molecule has 0 aliphatic carbocycles. The number of hydrogen-bond acceptors (Lipinski definition) is 3. The first-order valence-electron chi connectivity index (χ1n) is 5.79. The van der Waals surface area contributed by atoms with E-state index in [0.29, 0.717) is 11.4 Å². The lowest BCUT2D eigenvalue weighted by atomic mass is 9.99. The summed E-state index contributed by atoms with van der Waals surface area (Å²) in [6.45, 7) is 0. The molecular formula is C14H14F2N2O. The van der Waals surface area contributed by atoms with Gasteiger partial charge in [-0.15, -0.1) is 0 Å². The molecule has 0 saturated heterocycles. The largest absolute Gasteiger partial charge is 0.481 e. The summed E-state index contributed by atoms with van der Waals surface area (Å²) in [4.78, 5) is 4.07. The number of aromatic nitrogens is 1. The van der Waals surface area contributed by atoms with E-state index >= 15 is 0 Å². The Kier molecular flexibility index (Phi) is 4.06. The fourth-order valence-corrected chi connectivity index (χ4v) is 2.02. The van der Waals surface area contributed by atoms with Gasteiger partial charge in [-0.2, -0.15) is 0 Å². The third-order valence-electron chi connectivity index (χ3n) is 2.89. The van der Waals surface area contributed by atoms with Crippen LogP contribution in [-0.4, -0.2) is 19.1 Å². The normalized spacial score (nSPS) is 12.2. The Morgan fingerprint density at radius 1 is 1.16 bits per heavy atom. The van der Waals surface area contributed by atoms with Gasteiger partial charge in [-0.1, -0.05) is 18.2 Å². The summed E-state index contributed by atoms with van der Waals surface area (Å²) < 4.78 is 32.4. The summed E-state index contributed by atoms with van der Waals surface area (Å²) in [5.41, 5.74) is 0.866. The molecule has 19 heavy (non-hydrogen) atoms. The van der Waals surface area contributed by atoms with Gasteiger partial charge in [0.15, 0.2) is 11.6 Å². The highest BCUT2D eigenvalue weighted by Gasteiger charge is 2.21. The molecular weight excluding hydrogens is 250 g/mol. The lowest BCUT2D eigenvalue weighted by Gasteiger charge is -2.19. The van der Waals surface area contributed by atoms with Crippen molar-refractivity contribution < 1.29 is 13.5 Å². The molecule has 1 N–H and O–H groups in total. The molecule has 1 heterocycles. The standard InChI is InChI=1S/C14H14F2N2O/c1-17-13(9-5-3-7-11(15)12(9)16)10-6-4-8-18-14(10)19-2/h3-8,13,17H,1-2H3. The highest BCUT2D eigenvalue weighted by Crippen LogP contribution is 2.30. The van der Waals surface area contributed by atoms with Gasteiger partial charge < -0.3 is 10.1 Å². The van der Waals surface area contributed by atoms with Crippen LogP contribution >= 0.6 is 0 Å². The van der Waals surface area contributed by atoms with Crippen LogP contribution in [0.2, 0.25) is 0 Å². The third-order valence-corrected chi connectivity index (χ3v) is 2.89. The van der Waals surface area contributed by atoms with E-state index in [2.05, 4.69) is 10.3 Å². The van der Waals surface area contributed by atoms with Crippen molar-refractivity contribution in [2.24, 2.45) is 0 Å². The second-order valence-corrected chi connectivity index (χ2v) is 3.97. The number of methoxy groups -OCH3 is 1. The maximum absolute atomic E-state index is 13.9. The van der Waals surface area contributed by atoms with Crippen molar-refractivity contribution in [2.75, 3.05) is 14.2 Å². The highest BCUT2D eigenvalue weighted by atomic mass is 19.2. The summed E-state index contributed by atoms with van der Waals surface area (Å²) in [7, 11) is 3.15. The number of nitrogens with one attached hydrogen (secondary N) is 1. The molecule has 0 amide bonds. The number of hydrogen-bond donors (Lipinski definition) is 1. The van der Waals surface area contributed by atoms with Crippen molar-refractivity contribution in [3.63, 3.8) is 0 Å². The van der Waals surface area contributed by atoms with Crippen LogP contribution in [0, 0.1) is 11.6 Å². The molecule has 0 aliphatic rings. The zero-order valence-corrected chi connectivity index (χ0v) is 10.7. The quantitative estimate of drug-likeness (QED) is 0.922. The van der Waals surface area contributed by atoms with E-state index in [9.17, 15) is 8.78 Å². The minimum absolute atomic E-state index is 0.216. The summed E-state index contributed by atoms with van der Waals surface area (Å²) in [6.07, 6.45) is 1.58. The van der Waals surface area contributed by atoms with Crippen molar-refractivity contribution >= 4 is 0 Å². The highest BCUT2D eigenvalue weighted by molar-refractivity contribution is 5.38. The Labute approximate surface area is 110 Å². The van der Waals surface area contributed by atoms with Gasteiger partial charge in [0.1, 0.15) is 0 Å². The molecule has 0 fully saturated rings. The minimum atomic E-state index is -0.874. The smallest absolute Gasteiger partial charge is 0.218 e. The average Bonchev–Trinajstić information content (AvgIpc) is 2.45. The van der Waals surface area contributed by atoms with E-state index in [1.54, 1.807) is 25.4 Å². The Morgan fingerprint density at radius 2 is 1.89 bits per heavy atom. The molecule has 1 aromatic heterocycles. The maximum Gasteiger partial charge on any atom is 0.218 e. The number of benzene rings is 1. The van der Waals surface area contributed by atoms with Gasteiger partial charge in [0.2, 0.25) is 5.88 Å². The fourth-order valence-electron chi connectivity index (χ4n) is 2.02. The Morgan fingerprint density at radius 3 is 2.58 bits per heavy atom. The number of nitrogens with zero attached hydrogens (tertiary/aromatic N) is 1. The number of ether oxygens (including phenoxy) is 1. The SMILES string of the molecule is CNC(c1cccnc1OC)c1cccc(F)c1F. The molecule has 5 heteroatoms. The molecule has 0 saturated carbocycles. The molecule has 0 aliphatic heterocycles. The number of pyridine rings is 1. The zero-order chi connectivity index (χ0) is 13.8. The van der Waals surface area contributed by atoms with Gasteiger partial charge in [-0.3, -0.25) is 0 Å². The van der Waals surface area contributed by atoms with Crippen LogP contribution in [0.3, 0.4) is 0 Å². The topological polar surface area (TPSA) is 34.2 Å². The van der Waals surface area contributed by atoms with Crippen LogP contribution < -0.4 is 10.1 Å². The van der Waals surface area contributed by atoms with Crippen LogP contribution in [0.25, 0.3) is 0 Å². The van der Waals surface area contributed by atoms with E-state index in [4.69, 9.17) is 4.74 Å². The second kappa shape index (κ2) is 5.75. The average molecular weight is 264 g/mol. The van der Waals surface area contributed by atoms with Crippen LogP contribution in [0.5, 0.6) is 5.88 Å². The predicted octanol–water partition coefficient (Wildman–Crippen LogP) is 2.68. The molecule has 1 atom stereocenters. The van der Waals surface area contributed by atoms with E-state index in [-0.39, 0.29) is 5.56 Å². The van der Waals surface area contributed by atoms with Crippen molar-refractivity contribution in [3.8, 4) is 5.88 Å². The van der Waals surface area contributed by atoms with Crippen LogP contribution in [0.1, 0.15) is 17.2 Å². The van der Waals surface area contributed by atoms with Crippen molar-refractivity contribution in [2.45, 2.75) is 6.04 Å². The zero-order valence-electron chi connectivity index (χ0n) is 10.7. The van der Waals surface area contributed by atoms with Crippen molar-refractivity contribution in [3.05, 3.63) is 59.3 Å². The molecule has 0 radical (unpaired) electrons. The van der Waals surface area contributed by atoms with Gasteiger partial charge >= 0.3 is 0 Å². The minimum Gasteiger partial charge on any atom is -0.481 e. The first-order valence-corrected chi connectivity index (χ1v) is 5.79. The first-order chi connectivity index (χ1) is 9.19. The van der Waals surface area contributed by atoms with E-state index in [1.165, 1.54) is 19.2 Å². The van der Waals surface area contributed by atoms with Gasteiger partial charge in [-0.25, -0.2) is 13.8 Å². The summed E-state index contributed by atoms with van der Waals surface area (Å²) >= 11 is 0. The Balaban J connectivity index is 2.53. The second-order valence-electron chi connectivity index (χ2n) is 3.97. The molecule has 2 rings (SSSR count). The van der Waals surface area contributed by atoms with Crippen LogP contribution in [0.15, 0.2) is 36.5 Å². The van der Waals surface area contributed by atoms with E-state index < -0.39 is 17.7 Å². The molecule has 0 bridgehead atoms. The van der Waals surface area contributed by atoms with E-state index in [1.807, 2.05) is 0 Å². The summed E-state index contributed by atoms with van der Waals surface area (Å²) in [5.74, 6) is -1.36. The lowest BCUT2D eigenvalue weighted by Crippen LogP contribution is -2.20. The van der Waals surface area contributed by atoms with Crippen LogP contribution in [-0.2, 0) is 0 Å². The molecule has 1 aromatic carbocycles. The monoisotopic (exact) mass is 264 g/mol.